The first-order valence-electron chi connectivity index (χ1n) is 9.04. The summed E-state index contributed by atoms with van der Waals surface area (Å²) in [4.78, 5) is 14.6. The van der Waals surface area contributed by atoms with E-state index in [1.165, 1.54) is 18.9 Å². The number of nitrogens with zero attached hydrogens (tertiary/aromatic N) is 1. The van der Waals surface area contributed by atoms with Crippen molar-refractivity contribution < 1.29 is 14.0 Å². The van der Waals surface area contributed by atoms with Gasteiger partial charge in [0, 0.05) is 5.54 Å². The molecule has 5 heteroatoms. The lowest BCUT2D eigenvalue weighted by molar-refractivity contribution is -0.00149. The average molecular weight is 344 g/mol. The van der Waals surface area contributed by atoms with Gasteiger partial charge in [0.15, 0.2) is 8.32 Å². The first-order valence-corrected chi connectivity index (χ1v) is 12.2. The normalized spacial score (nSPS) is 21.6. The zero-order valence-electron chi connectivity index (χ0n) is 16.5. The van der Waals surface area contributed by atoms with E-state index in [2.05, 4.69) is 33.9 Å². The lowest BCUT2D eigenvalue weighted by Crippen LogP contribution is -2.51. The largest absolute Gasteiger partial charge is 0.444 e. The third-order valence-electron chi connectivity index (χ3n) is 4.50. The van der Waals surface area contributed by atoms with Gasteiger partial charge < -0.3 is 9.16 Å². The highest BCUT2D eigenvalue weighted by molar-refractivity contribution is 6.71. The summed E-state index contributed by atoms with van der Waals surface area (Å²) >= 11 is 0. The van der Waals surface area contributed by atoms with Crippen molar-refractivity contribution in [1.29, 1.82) is 0 Å². The van der Waals surface area contributed by atoms with Gasteiger partial charge >= 0.3 is 6.09 Å². The number of hydrogen-bond acceptors (Lipinski definition) is 3. The fourth-order valence-electron chi connectivity index (χ4n) is 3.13. The van der Waals surface area contributed by atoms with E-state index in [0.717, 1.165) is 12.8 Å². The van der Waals surface area contributed by atoms with E-state index in [9.17, 15) is 4.79 Å². The molecule has 0 spiro atoms. The van der Waals surface area contributed by atoms with E-state index < -0.39 is 13.9 Å². The topological polar surface area (TPSA) is 38.8 Å². The monoisotopic (exact) mass is 343 g/mol. The fraction of sp³-hybridized carbons (Fsp3) is 0.944. The molecule has 1 amide bonds. The maximum Gasteiger partial charge on any atom is 0.411 e. The second kappa shape index (κ2) is 7.56. The minimum Gasteiger partial charge on any atom is -0.444 e. The molecule has 0 unspecified atom stereocenters. The summed E-state index contributed by atoms with van der Waals surface area (Å²) in [6.07, 6.45) is 4.22. The quantitative estimate of drug-likeness (QED) is 0.623. The van der Waals surface area contributed by atoms with Gasteiger partial charge in [0.05, 0.1) is 12.6 Å². The van der Waals surface area contributed by atoms with Crippen molar-refractivity contribution in [3.8, 4) is 0 Å². The van der Waals surface area contributed by atoms with Crippen LogP contribution < -0.4 is 0 Å². The third-order valence-corrected chi connectivity index (χ3v) is 7.00. The summed E-state index contributed by atoms with van der Waals surface area (Å²) < 4.78 is 11.9. The molecule has 0 aromatic rings. The van der Waals surface area contributed by atoms with Gasteiger partial charge in [-0.2, -0.15) is 0 Å². The number of ether oxygens (including phenoxy) is 1. The highest BCUT2D eigenvalue weighted by Crippen LogP contribution is 2.35. The van der Waals surface area contributed by atoms with Gasteiger partial charge in [-0.1, -0.05) is 19.8 Å². The number of hydrogen-bond donors (Lipinski definition) is 0. The Kier molecular flexibility index (Phi) is 6.73. The molecule has 136 valence electrons. The van der Waals surface area contributed by atoms with Crippen molar-refractivity contribution in [2.24, 2.45) is 0 Å². The summed E-state index contributed by atoms with van der Waals surface area (Å²) in [5.41, 5.74) is -0.623. The van der Waals surface area contributed by atoms with Crippen LogP contribution in [0.4, 0.5) is 4.79 Å². The zero-order chi connectivity index (χ0) is 17.9. The Balaban J connectivity index is 2.71. The third kappa shape index (κ3) is 6.46. The van der Waals surface area contributed by atoms with Gasteiger partial charge in [-0.25, -0.2) is 4.79 Å². The van der Waals surface area contributed by atoms with E-state index in [4.69, 9.17) is 9.16 Å². The molecule has 1 fully saturated rings. The van der Waals surface area contributed by atoms with Crippen LogP contribution in [0, 0.1) is 0 Å². The first kappa shape index (κ1) is 20.5. The van der Waals surface area contributed by atoms with Crippen LogP contribution in [-0.4, -0.2) is 43.1 Å². The lowest BCUT2D eigenvalue weighted by Gasteiger charge is -2.38. The van der Waals surface area contributed by atoms with Crippen LogP contribution in [0.5, 0.6) is 0 Å². The molecule has 4 nitrogen and oxygen atoms in total. The SMILES string of the molecule is CCCC[Si](C)(C)OC[C@H]1CCC(C)(C)N1C(=O)OC(C)(C)C. The van der Waals surface area contributed by atoms with Crippen LogP contribution >= 0.6 is 0 Å². The number of likely N-dealkylation sites (tertiary alicyclic amines) is 1. The predicted octanol–water partition coefficient (Wildman–Crippen LogP) is 5.19. The number of rotatable bonds is 6. The van der Waals surface area contributed by atoms with Crippen LogP contribution in [0.25, 0.3) is 0 Å². The summed E-state index contributed by atoms with van der Waals surface area (Å²) in [6, 6.07) is 1.32. The molecule has 1 saturated heterocycles. The zero-order valence-corrected chi connectivity index (χ0v) is 17.5. The van der Waals surface area contributed by atoms with Gasteiger partial charge in [-0.3, -0.25) is 4.90 Å². The molecule has 0 saturated carbocycles. The minimum absolute atomic E-state index is 0.133. The van der Waals surface area contributed by atoms with Gasteiger partial charge in [-0.05, 0) is 66.6 Å². The molecule has 1 aliphatic rings. The highest BCUT2D eigenvalue weighted by Gasteiger charge is 2.44. The second-order valence-corrected chi connectivity index (χ2v) is 13.3. The summed E-state index contributed by atoms with van der Waals surface area (Å²) in [5, 5.41) is 0. The van der Waals surface area contributed by atoms with E-state index in [0.29, 0.717) is 6.61 Å². The highest BCUT2D eigenvalue weighted by atomic mass is 28.4. The van der Waals surface area contributed by atoms with E-state index >= 15 is 0 Å². The van der Waals surface area contributed by atoms with Gasteiger partial charge in [0.1, 0.15) is 5.60 Å². The molecule has 0 aromatic heterocycles. The van der Waals surface area contributed by atoms with E-state index in [-0.39, 0.29) is 17.7 Å². The van der Waals surface area contributed by atoms with Crippen molar-refractivity contribution in [3.63, 3.8) is 0 Å². The van der Waals surface area contributed by atoms with Gasteiger partial charge in [0.25, 0.3) is 0 Å². The summed E-state index contributed by atoms with van der Waals surface area (Å²) in [7, 11) is -1.63. The second-order valence-electron chi connectivity index (χ2n) is 9.03. The summed E-state index contributed by atoms with van der Waals surface area (Å²) in [5.74, 6) is 0. The number of unbranched alkanes of at least 4 members (excludes halogenated alkanes) is 1. The molecule has 1 heterocycles. The Bertz CT molecular complexity index is 402. The Morgan fingerprint density at radius 1 is 1.30 bits per heavy atom. The van der Waals surface area contributed by atoms with Crippen LogP contribution in [0.1, 0.15) is 67.2 Å². The molecule has 23 heavy (non-hydrogen) atoms. The smallest absolute Gasteiger partial charge is 0.411 e. The molecule has 0 bridgehead atoms. The molecule has 0 aromatic carbocycles. The van der Waals surface area contributed by atoms with Gasteiger partial charge in [0.2, 0.25) is 0 Å². The van der Waals surface area contributed by atoms with E-state index in [1.807, 2.05) is 25.7 Å². The molecule has 1 rings (SSSR count). The van der Waals surface area contributed by atoms with Crippen LogP contribution in [-0.2, 0) is 9.16 Å². The molecule has 0 aliphatic carbocycles. The minimum atomic E-state index is -1.63. The number of carbonyl (C=O) groups is 1. The van der Waals surface area contributed by atoms with Crippen LogP contribution in [0.3, 0.4) is 0 Å². The summed E-state index contributed by atoms with van der Waals surface area (Å²) in [6.45, 7) is 17.4. The standard InChI is InChI=1S/C18H37NO3Si/c1-9-10-13-23(7,8)21-14-15-11-12-18(5,6)19(15)16(20)22-17(2,3)4/h15H,9-14H2,1-8H3/t15-/m1/s1. The van der Waals surface area contributed by atoms with Crippen molar-refractivity contribution in [3.05, 3.63) is 0 Å². The van der Waals surface area contributed by atoms with Crippen molar-refractivity contribution in [2.45, 2.75) is 104 Å². The lowest BCUT2D eigenvalue weighted by atomic mass is 10.0. The molecular formula is C18H37NO3Si. The molecule has 1 aliphatic heterocycles. The van der Waals surface area contributed by atoms with Crippen molar-refractivity contribution >= 4 is 14.4 Å². The molecule has 0 radical (unpaired) electrons. The Labute approximate surface area is 144 Å². The number of amides is 1. The maximum atomic E-state index is 12.6. The Morgan fingerprint density at radius 2 is 1.91 bits per heavy atom. The van der Waals surface area contributed by atoms with Gasteiger partial charge in [-0.15, -0.1) is 0 Å². The van der Waals surface area contributed by atoms with Crippen LogP contribution in [0.2, 0.25) is 19.1 Å². The first-order chi connectivity index (χ1) is 10.4. The van der Waals surface area contributed by atoms with Crippen LogP contribution in [0.15, 0.2) is 0 Å². The average Bonchev–Trinajstić information content (AvgIpc) is 2.67. The van der Waals surface area contributed by atoms with Crippen molar-refractivity contribution in [2.75, 3.05) is 6.61 Å². The molecule has 1 atom stereocenters. The predicted molar refractivity (Wildman–Crippen MR) is 98.3 cm³/mol. The number of carbonyl (C=O) groups excluding carboxylic acids is 1. The fourth-order valence-corrected chi connectivity index (χ4v) is 5.12. The maximum absolute atomic E-state index is 12.6. The Morgan fingerprint density at radius 3 is 2.43 bits per heavy atom. The molecule has 0 N–H and O–H groups in total. The Hall–Kier alpha value is -0.553. The van der Waals surface area contributed by atoms with Crippen molar-refractivity contribution in [1.82, 2.24) is 4.90 Å². The van der Waals surface area contributed by atoms with E-state index in [1.54, 1.807) is 0 Å². The molecular weight excluding hydrogens is 306 g/mol.